The summed E-state index contributed by atoms with van der Waals surface area (Å²) >= 11 is 0. The number of hydrogen-bond donors (Lipinski definition) is 1. The molecule has 4 rings (SSSR count). The third kappa shape index (κ3) is 3.82. The van der Waals surface area contributed by atoms with Gasteiger partial charge >= 0.3 is 0 Å². The third-order valence-corrected chi connectivity index (χ3v) is 6.90. The molecule has 0 fully saturated rings. The molecule has 0 bridgehead atoms. The number of sulfone groups is 1. The highest BCUT2D eigenvalue weighted by Gasteiger charge is 2.32. The van der Waals surface area contributed by atoms with Gasteiger partial charge in [-0.2, -0.15) is 0 Å². The summed E-state index contributed by atoms with van der Waals surface area (Å²) in [5, 5.41) is 22.0. The number of pyridine rings is 1. The fraction of sp³-hybridized carbons (Fsp3) is 0.190. The second-order valence-electron chi connectivity index (χ2n) is 7.06. The molecule has 0 saturated heterocycles. The van der Waals surface area contributed by atoms with Crippen LogP contribution in [0.25, 0.3) is 0 Å². The number of aliphatic hydroxyl groups excluding tert-OH is 1. The Hall–Kier alpha value is -3.50. The van der Waals surface area contributed by atoms with Crippen LogP contribution in [0.1, 0.15) is 18.0 Å². The smallest absolute Gasteiger partial charge is 0.285 e. The molecule has 1 aromatic heterocycles. The molecule has 9 nitrogen and oxygen atoms in total. The number of aliphatic hydroxyl groups is 1. The fourth-order valence-corrected chi connectivity index (χ4v) is 4.92. The number of nitrogens with zero attached hydrogens (tertiary/aromatic N) is 2. The first-order chi connectivity index (χ1) is 14.8. The van der Waals surface area contributed by atoms with Gasteiger partial charge in [0.05, 0.1) is 39.7 Å². The van der Waals surface area contributed by atoms with E-state index in [9.17, 15) is 28.4 Å². The summed E-state index contributed by atoms with van der Waals surface area (Å²) in [7, 11) is -3.87. The highest BCUT2D eigenvalue weighted by molar-refractivity contribution is 7.91. The van der Waals surface area contributed by atoms with E-state index < -0.39 is 32.5 Å². The molecule has 1 aliphatic rings. The maximum absolute atomic E-state index is 13.1. The Bertz CT molecular complexity index is 1300. The first-order valence-electron chi connectivity index (χ1n) is 9.40. The molecule has 2 aromatic carbocycles. The molecule has 0 amide bonds. The van der Waals surface area contributed by atoms with Gasteiger partial charge in [0.15, 0.2) is 0 Å². The van der Waals surface area contributed by atoms with Crippen molar-refractivity contribution in [1.82, 2.24) is 4.57 Å². The van der Waals surface area contributed by atoms with Gasteiger partial charge in [-0.3, -0.25) is 19.5 Å². The highest BCUT2D eigenvalue weighted by Crippen LogP contribution is 2.37. The summed E-state index contributed by atoms with van der Waals surface area (Å²) in [4.78, 5) is 23.1. The highest BCUT2D eigenvalue weighted by atomic mass is 32.2. The minimum Gasteiger partial charge on any atom is -0.493 e. The van der Waals surface area contributed by atoms with Gasteiger partial charge in [0.25, 0.3) is 11.2 Å². The number of rotatable bonds is 4. The number of aromatic nitrogens is 1. The van der Waals surface area contributed by atoms with E-state index in [1.54, 1.807) is 18.2 Å². The van der Waals surface area contributed by atoms with Crippen LogP contribution in [-0.2, 0) is 9.84 Å². The lowest BCUT2D eigenvalue weighted by atomic mass is 9.99. The van der Waals surface area contributed by atoms with E-state index in [0.29, 0.717) is 5.75 Å². The van der Waals surface area contributed by atoms with Crippen molar-refractivity contribution in [3.05, 3.63) is 92.9 Å². The zero-order chi connectivity index (χ0) is 22.2. The van der Waals surface area contributed by atoms with Gasteiger partial charge < -0.3 is 9.84 Å². The van der Waals surface area contributed by atoms with Crippen LogP contribution in [0.15, 0.2) is 81.4 Å². The van der Waals surface area contributed by atoms with E-state index in [-0.39, 0.29) is 34.1 Å². The van der Waals surface area contributed by atoms with E-state index in [1.807, 2.05) is 0 Å². The van der Waals surface area contributed by atoms with Crippen molar-refractivity contribution in [1.29, 1.82) is 0 Å². The Labute approximate surface area is 177 Å². The first-order valence-corrected chi connectivity index (χ1v) is 10.9. The predicted molar refractivity (Wildman–Crippen MR) is 110 cm³/mol. The molecule has 0 saturated carbocycles. The van der Waals surface area contributed by atoms with Crippen LogP contribution in [0.3, 0.4) is 0 Å². The quantitative estimate of drug-likeness (QED) is 0.485. The molecule has 0 aliphatic carbocycles. The molecule has 1 aliphatic heterocycles. The second-order valence-corrected chi connectivity index (χ2v) is 9.01. The molecular weight excluding hydrogens is 424 g/mol. The maximum atomic E-state index is 13.1. The van der Waals surface area contributed by atoms with Crippen LogP contribution in [-0.4, -0.2) is 35.7 Å². The average molecular weight is 442 g/mol. The van der Waals surface area contributed by atoms with Crippen LogP contribution in [0.4, 0.5) is 5.69 Å². The minimum atomic E-state index is -3.87. The lowest BCUT2D eigenvalue weighted by molar-refractivity contribution is -0.385. The Kier molecular flexibility index (Phi) is 5.34. The molecule has 0 spiro atoms. The van der Waals surface area contributed by atoms with Crippen molar-refractivity contribution in [2.24, 2.45) is 0 Å². The normalized spacial score (nSPS) is 18.5. The Morgan fingerprint density at radius 1 is 1.06 bits per heavy atom. The molecule has 1 N–H and O–H groups in total. The summed E-state index contributed by atoms with van der Waals surface area (Å²) in [5.74, 6) is 0.298. The maximum Gasteiger partial charge on any atom is 0.285 e. The molecule has 0 unspecified atom stereocenters. The van der Waals surface area contributed by atoms with E-state index in [2.05, 4.69) is 0 Å². The molecule has 10 heteroatoms. The Balaban J connectivity index is 1.91. The third-order valence-electron chi connectivity index (χ3n) is 5.13. The van der Waals surface area contributed by atoms with Gasteiger partial charge in [0.2, 0.25) is 9.84 Å². The van der Waals surface area contributed by atoms with Gasteiger partial charge in [-0.25, -0.2) is 8.42 Å². The van der Waals surface area contributed by atoms with Crippen LogP contribution in [0.2, 0.25) is 0 Å². The molecule has 2 heterocycles. The van der Waals surface area contributed by atoms with Crippen molar-refractivity contribution in [2.45, 2.75) is 28.4 Å². The predicted octanol–water partition coefficient (Wildman–Crippen LogP) is 2.32. The van der Waals surface area contributed by atoms with Crippen molar-refractivity contribution >= 4 is 15.5 Å². The molecule has 160 valence electrons. The number of ether oxygens (including phenoxy) is 1. The van der Waals surface area contributed by atoms with Crippen molar-refractivity contribution in [2.75, 3.05) is 6.61 Å². The van der Waals surface area contributed by atoms with Crippen molar-refractivity contribution < 1.29 is 23.2 Å². The van der Waals surface area contributed by atoms with Crippen molar-refractivity contribution in [3.63, 3.8) is 0 Å². The zero-order valence-corrected chi connectivity index (χ0v) is 16.9. The number of benzene rings is 2. The van der Waals surface area contributed by atoms with Crippen LogP contribution < -0.4 is 10.3 Å². The molecule has 2 atom stereocenters. The van der Waals surface area contributed by atoms with Crippen molar-refractivity contribution in [3.8, 4) is 5.75 Å². The van der Waals surface area contributed by atoms with E-state index in [4.69, 9.17) is 4.74 Å². The van der Waals surface area contributed by atoms with E-state index >= 15 is 0 Å². The van der Waals surface area contributed by atoms with Gasteiger partial charge in [0, 0.05) is 24.1 Å². The fourth-order valence-electron chi connectivity index (χ4n) is 3.60. The minimum absolute atomic E-state index is 0.0429. The molecular formula is C21H18N2O7S. The summed E-state index contributed by atoms with van der Waals surface area (Å²) in [6, 6.07) is 13.1. The topological polar surface area (TPSA) is 129 Å². The SMILES string of the molecule is O=c1ccc([N+](=O)[O-])cn1[C@@H]1c2cc(S(=O)(=O)c3ccccc3)ccc2OCC[C@H]1O. The molecule has 0 radical (unpaired) electrons. The Morgan fingerprint density at radius 2 is 1.81 bits per heavy atom. The number of nitro groups is 1. The summed E-state index contributed by atoms with van der Waals surface area (Å²) in [6.07, 6.45) is 0.0643. The lowest BCUT2D eigenvalue weighted by Crippen LogP contribution is -2.32. The standard InChI is InChI=1S/C21H18N2O7S/c24-18-10-11-30-19-8-7-16(31(28,29)15-4-2-1-3-5-15)12-17(19)21(18)22-13-14(23(26)27)6-9-20(22)25/h1-9,12-13,18,21,24H,10-11H2/t18-,21-/m1/s1. The van der Waals surface area contributed by atoms with Gasteiger partial charge in [-0.15, -0.1) is 0 Å². The van der Waals surface area contributed by atoms with E-state index in [0.717, 1.165) is 22.9 Å². The monoisotopic (exact) mass is 442 g/mol. The summed E-state index contributed by atoms with van der Waals surface area (Å²) in [5.41, 5.74) is -0.644. The van der Waals surface area contributed by atoms with Crippen LogP contribution in [0, 0.1) is 10.1 Å². The van der Waals surface area contributed by atoms with E-state index in [1.165, 1.54) is 30.3 Å². The Morgan fingerprint density at radius 3 is 2.52 bits per heavy atom. The molecule has 3 aromatic rings. The second kappa shape index (κ2) is 7.97. The van der Waals surface area contributed by atoms with Gasteiger partial charge in [0.1, 0.15) is 5.75 Å². The average Bonchev–Trinajstić information content (AvgIpc) is 2.92. The summed E-state index contributed by atoms with van der Waals surface area (Å²) in [6.45, 7) is 0.138. The number of fused-ring (bicyclic) bond motifs is 1. The van der Waals surface area contributed by atoms with Gasteiger partial charge in [-0.1, -0.05) is 18.2 Å². The molecule has 31 heavy (non-hydrogen) atoms. The largest absolute Gasteiger partial charge is 0.493 e. The number of hydrogen-bond acceptors (Lipinski definition) is 7. The van der Waals surface area contributed by atoms with Crippen LogP contribution in [0.5, 0.6) is 5.75 Å². The zero-order valence-electron chi connectivity index (χ0n) is 16.1. The summed E-state index contributed by atoms with van der Waals surface area (Å²) < 4.78 is 32.9. The van der Waals surface area contributed by atoms with Gasteiger partial charge in [-0.05, 0) is 30.3 Å². The van der Waals surface area contributed by atoms with Crippen LogP contribution >= 0.6 is 0 Å². The first kappa shape index (κ1) is 20.8. The lowest BCUT2D eigenvalue weighted by Gasteiger charge is -2.24.